The molecule has 1 N–H and O–H groups in total. The minimum Gasteiger partial charge on any atom is -0.493 e. The van der Waals surface area contributed by atoms with E-state index in [2.05, 4.69) is 24.4 Å². The van der Waals surface area contributed by atoms with E-state index in [0.717, 1.165) is 31.0 Å². The van der Waals surface area contributed by atoms with Crippen LogP contribution in [0.4, 0.5) is 0 Å². The number of rotatable bonds is 4. The fourth-order valence-electron chi connectivity index (χ4n) is 2.54. The van der Waals surface area contributed by atoms with Gasteiger partial charge in [-0.1, -0.05) is 6.92 Å². The Morgan fingerprint density at radius 3 is 2.47 bits per heavy atom. The predicted octanol–water partition coefficient (Wildman–Crippen LogP) is 2.34. The van der Waals surface area contributed by atoms with Crippen LogP contribution >= 0.6 is 0 Å². The van der Waals surface area contributed by atoms with Crippen LogP contribution in [0.1, 0.15) is 30.4 Å². The highest BCUT2D eigenvalue weighted by Crippen LogP contribution is 2.35. The summed E-state index contributed by atoms with van der Waals surface area (Å²) in [7, 11) is 3.38. The highest BCUT2D eigenvalue weighted by molar-refractivity contribution is 5.49. The molecule has 1 atom stereocenters. The summed E-state index contributed by atoms with van der Waals surface area (Å²) in [5.41, 5.74) is 2.78. The van der Waals surface area contributed by atoms with Gasteiger partial charge in [-0.15, -0.1) is 0 Å². The van der Waals surface area contributed by atoms with E-state index in [1.165, 1.54) is 17.5 Å². The molecule has 0 saturated carbocycles. The van der Waals surface area contributed by atoms with Gasteiger partial charge in [-0.3, -0.25) is 0 Å². The molecule has 0 bridgehead atoms. The molecule has 17 heavy (non-hydrogen) atoms. The van der Waals surface area contributed by atoms with Gasteiger partial charge in [0.05, 0.1) is 14.2 Å². The quantitative estimate of drug-likeness (QED) is 0.869. The summed E-state index contributed by atoms with van der Waals surface area (Å²) in [6.07, 6.45) is 2.24. The molecule has 3 nitrogen and oxygen atoms in total. The van der Waals surface area contributed by atoms with E-state index in [4.69, 9.17) is 9.47 Å². The summed E-state index contributed by atoms with van der Waals surface area (Å²) in [5.74, 6) is 2.29. The predicted molar refractivity (Wildman–Crippen MR) is 69.2 cm³/mol. The second-order valence-corrected chi connectivity index (χ2v) is 4.45. The molecule has 2 rings (SSSR count). The lowest BCUT2D eigenvalue weighted by Gasteiger charge is -2.17. The molecular formula is C14H21NO2. The van der Waals surface area contributed by atoms with E-state index in [9.17, 15) is 0 Å². The number of benzene rings is 1. The Hall–Kier alpha value is -1.22. The van der Waals surface area contributed by atoms with Crippen molar-refractivity contribution in [2.24, 2.45) is 0 Å². The maximum Gasteiger partial charge on any atom is 0.161 e. The molecule has 1 saturated heterocycles. The maximum absolute atomic E-state index is 5.39. The molecule has 1 fully saturated rings. The summed E-state index contributed by atoms with van der Waals surface area (Å²) >= 11 is 0. The lowest BCUT2D eigenvalue weighted by molar-refractivity contribution is 0.353. The molecule has 1 heterocycles. The van der Waals surface area contributed by atoms with E-state index in [0.29, 0.717) is 5.92 Å². The van der Waals surface area contributed by atoms with Crippen LogP contribution in [0.3, 0.4) is 0 Å². The van der Waals surface area contributed by atoms with Gasteiger partial charge >= 0.3 is 0 Å². The van der Waals surface area contributed by atoms with Crippen molar-refractivity contribution in [3.05, 3.63) is 23.3 Å². The third-order valence-corrected chi connectivity index (χ3v) is 3.53. The second-order valence-electron chi connectivity index (χ2n) is 4.45. The Labute approximate surface area is 103 Å². The van der Waals surface area contributed by atoms with Gasteiger partial charge in [-0.25, -0.2) is 0 Å². The Bertz CT molecular complexity index is 384. The van der Waals surface area contributed by atoms with Gasteiger partial charge in [0.15, 0.2) is 11.5 Å². The monoisotopic (exact) mass is 235 g/mol. The summed E-state index contributed by atoms with van der Waals surface area (Å²) in [4.78, 5) is 0. The SMILES string of the molecule is CCc1cc(OC)c(OC)cc1C1CCNC1. The molecule has 0 aliphatic carbocycles. The van der Waals surface area contributed by atoms with E-state index >= 15 is 0 Å². The van der Waals surface area contributed by atoms with Crippen molar-refractivity contribution in [1.29, 1.82) is 0 Å². The first-order valence-electron chi connectivity index (χ1n) is 6.25. The lowest BCUT2D eigenvalue weighted by Crippen LogP contribution is -2.09. The largest absolute Gasteiger partial charge is 0.493 e. The summed E-state index contributed by atoms with van der Waals surface area (Å²) in [6, 6.07) is 4.27. The van der Waals surface area contributed by atoms with Crippen molar-refractivity contribution < 1.29 is 9.47 Å². The van der Waals surface area contributed by atoms with E-state index in [1.807, 2.05) is 0 Å². The van der Waals surface area contributed by atoms with Crippen LogP contribution in [0.5, 0.6) is 11.5 Å². The first-order chi connectivity index (χ1) is 8.30. The van der Waals surface area contributed by atoms with Crippen LogP contribution in [0.15, 0.2) is 12.1 Å². The minimum atomic E-state index is 0.616. The van der Waals surface area contributed by atoms with Crippen molar-refractivity contribution in [2.45, 2.75) is 25.7 Å². The maximum atomic E-state index is 5.39. The first kappa shape index (κ1) is 12.2. The van der Waals surface area contributed by atoms with Gasteiger partial charge in [0.25, 0.3) is 0 Å². The zero-order valence-electron chi connectivity index (χ0n) is 10.9. The smallest absolute Gasteiger partial charge is 0.161 e. The molecule has 0 aromatic heterocycles. The summed E-state index contributed by atoms with van der Waals surface area (Å²) in [5, 5.41) is 3.42. The lowest BCUT2D eigenvalue weighted by atomic mass is 9.91. The van der Waals surface area contributed by atoms with Crippen LogP contribution in [-0.4, -0.2) is 27.3 Å². The highest BCUT2D eigenvalue weighted by Gasteiger charge is 2.21. The molecule has 0 spiro atoms. The number of aryl methyl sites for hydroxylation is 1. The standard InChI is InChI=1S/C14H21NO2/c1-4-10-7-13(16-2)14(17-3)8-12(10)11-5-6-15-9-11/h7-8,11,15H,4-6,9H2,1-3H3. The van der Waals surface area contributed by atoms with Gasteiger partial charge in [-0.05, 0) is 48.6 Å². The van der Waals surface area contributed by atoms with Crippen molar-refractivity contribution in [3.63, 3.8) is 0 Å². The third-order valence-electron chi connectivity index (χ3n) is 3.53. The topological polar surface area (TPSA) is 30.5 Å². The van der Waals surface area contributed by atoms with Crippen molar-refractivity contribution in [2.75, 3.05) is 27.3 Å². The Morgan fingerprint density at radius 2 is 1.94 bits per heavy atom. The average Bonchev–Trinajstić information content (AvgIpc) is 2.90. The number of hydrogen-bond acceptors (Lipinski definition) is 3. The Morgan fingerprint density at radius 1 is 1.24 bits per heavy atom. The zero-order chi connectivity index (χ0) is 12.3. The average molecular weight is 235 g/mol. The van der Waals surface area contributed by atoms with Crippen LogP contribution in [0.2, 0.25) is 0 Å². The molecular weight excluding hydrogens is 214 g/mol. The van der Waals surface area contributed by atoms with Gasteiger partial charge in [0, 0.05) is 6.54 Å². The summed E-state index contributed by atoms with van der Waals surface area (Å²) < 4.78 is 10.7. The molecule has 3 heteroatoms. The fraction of sp³-hybridized carbons (Fsp3) is 0.571. The normalized spacial score (nSPS) is 19.4. The number of hydrogen-bond donors (Lipinski definition) is 1. The Balaban J connectivity index is 2.41. The highest BCUT2D eigenvalue weighted by atomic mass is 16.5. The molecule has 94 valence electrons. The Kier molecular flexibility index (Phi) is 3.89. The van der Waals surface area contributed by atoms with Gasteiger partial charge in [0.2, 0.25) is 0 Å². The van der Waals surface area contributed by atoms with Crippen LogP contribution in [0, 0.1) is 0 Å². The molecule has 0 amide bonds. The van der Waals surface area contributed by atoms with Crippen molar-refractivity contribution >= 4 is 0 Å². The number of nitrogens with one attached hydrogen (secondary N) is 1. The third kappa shape index (κ3) is 2.39. The van der Waals surface area contributed by atoms with Crippen LogP contribution in [0.25, 0.3) is 0 Å². The van der Waals surface area contributed by atoms with Gasteiger partial charge < -0.3 is 14.8 Å². The molecule has 1 aliphatic heterocycles. The number of ether oxygens (including phenoxy) is 2. The van der Waals surface area contributed by atoms with Crippen molar-refractivity contribution in [3.8, 4) is 11.5 Å². The fourth-order valence-corrected chi connectivity index (χ4v) is 2.54. The minimum absolute atomic E-state index is 0.616. The molecule has 0 radical (unpaired) electrons. The van der Waals surface area contributed by atoms with Crippen LogP contribution < -0.4 is 14.8 Å². The van der Waals surface area contributed by atoms with Crippen molar-refractivity contribution in [1.82, 2.24) is 5.32 Å². The molecule has 1 aromatic rings. The van der Waals surface area contributed by atoms with Gasteiger partial charge in [-0.2, -0.15) is 0 Å². The van der Waals surface area contributed by atoms with Crippen LogP contribution in [-0.2, 0) is 6.42 Å². The van der Waals surface area contributed by atoms with E-state index in [-0.39, 0.29) is 0 Å². The molecule has 1 aromatic carbocycles. The first-order valence-corrected chi connectivity index (χ1v) is 6.25. The van der Waals surface area contributed by atoms with E-state index in [1.54, 1.807) is 14.2 Å². The summed E-state index contributed by atoms with van der Waals surface area (Å²) in [6.45, 7) is 4.37. The number of methoxy groups -OCH3 is 2. The van der Waals surface area contributed by atoms with E-state index < -0.39 is 0 Å². The zero-order valence-corrected chi connectivity index (χ0v) is 10.9. The molecule has 1 aliphatic rings. The van der Waals surface area contributed by atoms with Gasteiger partial charge in [0.1, 0.15) is 0 Å². The molecule has 1 unspecified atom stereocenters. The second kappa shape index (κ2) is 5.41.